The summed E-state index contributed by atoms with van der Waals surface area (Å²) in [5, 5.41) is 2.84. The summed E-state index contributed by atoms with van der Waals surface area (Å²) in [6, 6.07) is 13.7. The van der Waals surface area contributed by atoms with Crippen LogP contribution in [-0.4, -0.2) is 42.6 Å². The topological polar surface area (TPSA) is 27.7 Å². The minimum atomic E-state index is -1.57. The maximum Gasteiger partial charge on any atom is 0.122 e. The Balaban J connectivity index is 1.43. The average Bonchev–Trinajstić information content (AvgIpc) is 3.01. The SMILES string of the molecule is CCOc1c(C2(CCCOCCCC3(c4cccc([Si](C)(C)C)c4OCC)C=CC=CC3)C=CC=CC2)cccc1[Si](C)(C)C. The Hall–Kier alpha value is -2.61. The van der Waals surface area contributed by atoms with E-state index in [1.54, 1.807) is 0 Å². The van der Waals surface area contributed by atoms with Gasteiger partial charge in [-0.3, -0.25) is 0 Å². The lowest BCUT2D eigenvalue weighted by atomic mass is 9.72. The van der Waals surface area contributed by atoms with Gasteiger partial charge in [0.2, 0.25) is 0 Å². The molecule has 2 aliphatic carbocycles. The minimum absolute atomic E-state index is 0.0569. The van der Waals surface area contributed by atoms with E-state index < -0.39 is 16.1 Å². The lowest BCUT2D eigenvalue weighted by molar-refractivity contribution is 0.119. The molecule has 2 aromatic rings. The second-order valence-corrected chi connectivity index (χ2v) is 24.9. The number of para-hydroxylation sites is 2. The van der Waals surface area contributed by atoms with Gasteiger partial charge in [-0.2, -0.15) is 0 Å². The van der Waals surface area contributed by atoms with Crippen molar-refractivity contribution in [2.45, 2.75) is 102 Å². The van der Waals surface area contributed by atoms with Crippen molar-refractivity contribution in [2.75, 3.05) is 26.4 Å². The first-order valence-corrected chi connectivity index (χ1v) is 24.3. The Bertz CT molecular complexity index is 1290. The van der Waals surface area contributed by atoms with Gasteiger partial charge in [0.1, 0.15) is 11.5 Å². The fraction of sp³-hybridized carbons (Fsp3) is 0.500. The van der Waals surface area contributed by atoms with Crippen molar-refractivity contribution in [2.24, 2.45) is 0 Å². The highest BCUT2D eigenvalue weighted by molar-refractivity contribution is 6.89. The van der Waals surface area contributed by atoms with Crippen LogP contribution in [0.15, 0.2) is 85.0 Å². The van der Waals surface area contributed by atoms with Gasteiger partial charge in [0.25, 0.3) is 0 Å². The van der Waals surface area contributed by atoms with E-state index in [0.29, 0.717) is 13.2 Å². The first kappa shape index (κ1) is 35.3. The standard InChI is InChI=1S/C40H58O3Si2/c1-9-42-37-33(21-17-23-35(37)44(3,4)5)39(25-13-11-14-26-39)29-19-31-41-32-20-30-40(27-15-12-16-28-40)34-22-18-24-36(45(6,7)8)38(34)43-10-2/h11-18,21-25,27H,9-10,19-20,26,28-32H2,1-8H3. The molecule has 0 saturated heterocycles. The monoisotopic (exact) mass is 642 g/mol. The number of hydrogen-bond donors (Lipinski definition) is 0. The molecule has 0 heterocycles. The van der Waals surface area contributed by atoms with Gasteiger partial charge < -0.3 is 14.2 Å². The van der Waals surface area contributed by atoms with Gasteiger partial charge in [-0.15, -0.1) is 0 Å². The van der Waals surface area contributed by atoms with E-state index in [-0.39, 0.29) is 10.8 Å². The van der Waals surface area contributed by atoms with E-state index in [2.05, 4.69) is 138 Å². The van der Waals surface area contributed by atoms with Crippen molar-refractivity contribution in [3.8, 4) is 11.5 Å². The molecule has 0 aliphatic heterocycles. The molecule has 5 heteroatoms. The molecule has 0 saturated carbocycles. The Morgan fingerprint density at radius 1 is 0.600 bits per heavy atom. The molecule has 0 aromatic heterocycles. The Labute approximate surface area is 276 Å². The van der Waals surface area contributed by atoms with Gasteiger partial charge in [-0.05, 0) is 62.7 Å². The van der Waals surface area contributed by atoms with Gasteiger partial charge in [0.15, 0.2) is 0 Å². The lowest BCUT2D eigenvalue weighted by Gasteiger charge is -2.36. The first-order valence-electron chi connectivity index (χ1n) is 17.3. The Kier molecular flexibility index (Phi) is 12.0. The molecule has 0 fully saturated rings. The Morgan fingerprint density at radius 3 is 1.36 bits per heavy atom. The Morgan fingerprint density at radius 2 is 1.02 bits per heavy atom. The number of ether oxygens (including phenoxy) is 3. The van der Waals surface area contributed by atoms with E-state index >= 15 is 0 Å². The number of hydrogen-bond acceptors (Lipinski definition) is 3. The number of allylic oxidation sites excluding steroid dienone is 8. The molecule has 0 radical (unpaired) electrons. The van der Waals surface area contributed by atoms with Gasteiger partial charge >= 0.3 is 0 Å². The van der Waals surface area contributed by atoms with Crippen molar-refractivity contribution in [3.63, 3.8) is 0 Å². The highest BCUT2D eigenvalue weighted by atomic mass is 28.3. The van der Waals surface area contributed by atoms with Crippen molar-refractivity contribution >= 4 is 26.5 Å². The molecule has 4 rings (SSSR count). The predicted octanol–water partition coefficient (Wildman–Crippen LogP) is 9.36. The minimum Gasteiger partial charge on any atom is -0.494 e. The van der Waals surface area contributed by atoms with E-state index in [1.807, 2.05) is 0 Å². The van der Waals surface area contributed by atoms with Crippen LogP contribution in [0.5, 0.6) is 11.5 Å². The molecule has 0 spiro atoms. The summed E-state index contributed by atoms with van der Waals surface area (Å²) in [5.74, 6) is 2.26. The molecular formula is C40H58O3Si2. The summed E-state index contributed by atoms with van der Waals surface area (Å²) in [7, 11) is -3.14. The van der Waals surface area contributed by atoms with E-state index in [4.69, 9.17) is 14.2 Å². The third-order valence-corrected chi connectivity index (χ3v) is 13.4. The zero-order valence-electron chi connectivity index (χ0n) is 29.4. The zero-order chi connectivity index (χ0) is 32.6. The van der Waals surface area contributed by atoms with Crippen LogP contribution in [0.4, 0.5) is 0 Å². The van der Waals surface area contributed by atoms with Crippen LogP contribution in [0.2, 0.25) is 39.3 Å². The second kappa shape index (κ2) is 15.3. The van der Waals surface area contributed by atoms with Gasteiger partial charge in [0.05, 0.1) is 29.4 Å². The summed E-state index contributed by atoms with van der Waals surface area (Å²) in [5.41, 5.74) is 2.57. The quantitative estimate of drug-likeness (QED) is 0.135. The molecule has 2 aromatic carbocycles. The molecule has 0 amide bonds. The van der Waals surface area contributed by atoms with Crippen LogP contribution >= 0.6 is 0 Å². The fourth-order valence-corrected chi connectivity index (χ4v) is 10.1. The smallest absolute Gasteiger partial charge is 0.122 e. The molecule has 2 unspecified atom stereocenters. The van der Waals surface area contributed by atoms with Gasteiger partial charge in [-0.25, -0.2) is 0 Å². The van der Waals surface area contributed by atoms with Crippen molar-refractivity contribution in [1.29, 1.82) is 0 Å². The van der Waals surface area contributed by atoms with Crippen LogP contribution < -0.4 is 19.8 Å². The lowest BCUT2D eigenvalue weighted by Crippen LogP contribution is -2.40. The molecule has 2 atom stereocenters. The zero-order valence-corrected chi connectivity index (χ0v) is 31.4. The van der Waals surface area contributed by atoms with Crippen LogP contribution in [-0.2, 0) is 15.6 Å². The maximum atomic E-state index is 6.41. The third-order valence-electron chi connectivity index (χ3n) is 9.41. The molecule has 3 nitrogen and oxygen atoms in total. The number of rotatable bonds is 16. The van der Waals surface area contributed by atoms with Crippen LogP contribution in [0.1, 0.15) is 63.5 Å². The second-order valence-electron chi connectivity index (χ2n) is 14.8. The third kappa shape index (κ3) is 8.41. The summed E-state index contributed by atoms with van der Waals surface area (Å²) in [6.45, 7) is 21.6. The van der Waals surface area contributed by atoms with Crippen LogP contribution in [0.25, 0.3) is 0 Å². The summed E-state index contributed by atoms with van der Waals surface area (Å²) >= 11 is 0. The normalized spacial score (nSPS) is 21.3. The van der Waals surface area contributed by atoms with Crippen LogP contribution in [0, 0.1) is 0 Å². The largest absolute Gasteiger partial charge is 0.494 e. The molecule has 45 heavy (non-hydrogen) atoms. The average molecular weight is 643 g/mol. The maximum absolute atomic E-state index is 6.41. The molecule has 0 bridgehead atoms. The van der Waals surface area contributed by atoms with Gasteiger partial charge in [0, 0.05) is 35.2 Å². The van der Waals surface area contributed by atoms with E-state index in [9.17, 15) is 0 Å². The van der Waals surface area contributed by atoms with E-state index in [1.165, 1.54) is 21.5 Å². The number of benzene rings is 2. The van der Waals surface area contributed by atoms with Gasteiger partial charge in [-0.1, -0.05) is 124 Å². The first-order chi connectivity index (χ1) is 21.5. The summed E-state index contributed by atoms with van der Waals surface area (Å²) in [6.07, 6.45) is 24.4. The van der Waals surface area contributed by atoms with E-state index in [0.717, 1.165) is 63.2 Å². The summed E-state index contributed by atoms with van der Waals surface area (Å²) < 4.78 is 19.2. The predicted molar refractivity (Wildman–Crippen MR) is 200 cm³/mol. The summed E-state index contributed by atoms with van der Waals surface area (Å²) in [4.78, 5) is 0. The molecule has 244 valence electrons. The van der Waals surface area contributed by atoms with Crippen molar-refractivity contribution in [3.05, 3.63) is 96.1 Å². The highest BCUT2D eigenvalue weighted by Crippen LogP contribution is 2.43. The highest BCUT2D eigenvalue weighted by Gasteiger charge is 2.36. The van der Waals surface area contributed by atoms with Crippen LogP contribution in [0.3, 0.4) is 0 Å². The fourth-order valence-electron chi connectivity index (χ4n) is 7.09. The molecular weight excluding hydrogens is 585 g/mol. The molecule has 2 aliphatic rings. The van der Waals surface area contributed by atoms with Crippen molar-refractivity contribution in [1.82, 2.24) is 0 Å². The van der Waals surface area contributed by atoms with Crippen molar-refractivity contribution < 1.29 is 14.2 Å². The molecule has 0 N–H and O–H groups in total.